The summed E-state index contributed by atoms with van der Waals surface area (Å²) in [6.07, 6.45) is 3.90. The highest BCUT2D eigenvalue weighted by Gasteiger charge is 2.24. The maximum absolute atomic E-state index is 5.82. The fourth-order valence-electron chi connectivity index (χ4n) is 2.63. The van der Waals surface area contributed by atoms with E-state index in [4.69, 9.17) is 9.47 Å². The van der Waals surface area contributed by atoms with E-state index in [1.54, 1.807) is 11.3 Å². The highest BCUT2D eigenvalue weighted by molar-refractivity contribution is 7.17. The number of aromatic nitrogens is 4. The standard InChI is InChI=1S/C19H19N5O2S/c1-12-4-7-14(22-20-12)15-8-5-13(21-23-15)6-9-16-17-18(26-11-10-25-17)19(27-16)24(2)3/h4-9H,10-11H2,1-3H3. The van der Waals surface area contributed by atoms with Crippen molar-refractivity contribution < 1.29 is 9.47 Å². The van der Waals surface area contributed by atoms with Crippen molar-refractivity contribution in [1.82, 2.24) is 20.4 Å². The Morgan fingerprint density at radius 3 is 2.22 bits per heavy atom. The molecule has 7 nitrogen and oxygen atoms in total. The summed E-state index contributed by atoms with van der Waals surface area (Å²) in [6.45, 7) is 3.03. The zero-order chi connectivity index (χ0) is 18.8. The predicted octanol–water partition coefficient (Wildman–Crippen LogP) is 3.31. The fourth-order valence-corrected chi connectivity index (χ4v) is 3.64. The quantitative estimate of drug-likeness (QED) is 0.686. The van der Waals surface area contributed by atoms with Gasteiger partial charge in [-0.25, -0.2) is 0 Å². The topological polar surface area (TPSA) is 73.3 Å². The molecule has 3 aromatic heterocycles. The van der Waals surface area contributed by atoms with E-state index in [9.17, 15) is 0 Å². The number of hydrogen-bond acceptors (Lipinski definition) is 8. The molecule has 0 saturated heterocycles. The molecule has 1 aliphatic rings. The van der Waals surface area contributed by atoms with Gasteiger partial charge in [0.2, 0.25) is 0 Å². The molecule has 0 aliphatic carbocycles. The van der Waals surface area contributed by atoms with Crippen LogP contribution in [0.1, 0.15) is 16.3 Å². The first kappa shape index (κ1) is 17.4. The van der Waals surface area contributed by atoms with E-state index in [0.29, 0.717) is 24.6 Å². The number of rotatable bonds is 4. The molecule has 3 aromatic rings. The lowest BCUT2D eigenvalue weighted by atomic mass is 10.2. The second-order valence-corrected chi connectivity index (χ2v) is 7.29. The molecule has 0 fully saturated rings. The summed E-state index contributed by atoms with van der Waals surface area (Å²) < 4.78 is 11.6. The molecule has 0 atom stereocenters. The van der Waals surface area contributed by atoms with Crippen molar-refractivity contribution in [2.45, 2.75) is 6.92 Å². The van der Waals surface area contributed by atoms with Crippen LogP contribution in [0.2, 0.25) is 0 Å². The van der Waals surface area contributed by atoms with E-state index in [0.717, 1.165) is 32.8 Å². The smallest absolute Gasteiger partial charge is 0.196 e. The summed E-state index contributed by atoms with van der Waals surface area (Å²) in [5, 5.41) is 17.7. The Morgan fingerprint density at radius 1 is 0.889 bits per heavy atom. The number of nitrogens with zero attached hydrogens (tertiary/aromatic N) is 5. The summed E-state index contributed by atoms with van der Waals surface area (Å²) >= 11 is 1.63. The van der Waals surface area contributed by atoms with Gasteiger partial charge >= 0.3 is 0 Å². The Hall–Kier alpha value is -3.00. The molecule has 27 heavy (non-hydrogen) atoms. The number of aryl methyl sites for hydroxylation is 1. The summed E-state index contributed by atoms with van der Waals surface area (Å²) in [4.78, 5) is 3.04. The van der Waals surface area contributed by atoms with E-state index in [2.05, 4.69) is 20.4 Å². The molecule has 138 valence electrons. The third-order valence-corrected chi connectivity index (χ3v) is 5.25. The molecule has 0 unspecified atom stereocenters. The van der Waals surface area contributed by atoms with Gasteiger partial charge in [0.25, 0.3) is 0 Å². The Kier molecular flexibility index (Phi) is 4.72. The second kappa shape index (κ2) is 7.32. The number of fused-ring (bicyclic) bond motifs is 1. The van der Waals surface area contributed by atoms with Gasteiger partial charge in [-0.3, -0.25) is 0 Å². The van der Waals surface area contributed by atoms with Crippen LogP contribution in [0.4, 0.5) is 5.00 Å². The van der Waals surface area contributed by atoms with Crippen molar-refractivity contribution in [1.29, 1.82) is 0 Å². The molecule has 4 heterocycles. The van der Waals surface area contributed by atoms with Gasteiger partial charge in [-0.2, -0.15) is 10.2 Å². The number of hydrogen-bond donors (Lipinski definition) is 0. The van der Waals surface area contributed by atoms with Crippen molar-refractivity contribution in [3.63, 3.8) is 0 Å². The third-order valence-electron chi connectivity index (χ3n) is 3.96. The zero-order valence-corrected chi connectivity index (χ0v) is 16.2. The van der Waals surface area contributed by atoms with E-state index in [1.807, 2.05) is 62.3 Å². The molecule has 4 rings (SSSR count). The molecule has 0 radical (unpaired) electrons. The molecule has 0 amide bonds. The van der Waals surface area contributed by atoms with Gasteiger partial charge in [-0.05, 0) is 43.3 Å². The van der Waals surface area contributed by atoms with Crippen LogP contribution in [-0.2, 0) is 0 Å². The van der Waals surface area contributed by atoms with Gasteiger partial charge in [-0.1, -0.05) is 0 Å². The van der Waals surface area contributed by atoms with Gasteiger partial charge in [-0.15, -0.1) is 21.5 Å². The second-order valence-electron chi connectivity index (χ2n) is 6.26. The Bertz CT molecular complexity index is 965. The Balaban J connectivity index is 1.57. The maximum atomic E-state index is 5.82. The average molecular weight is 381 g/mol. The first-order valence-electron chi connectivity index (χ1n) is 8.54. The molecule has 0 N–H and O–H groups in total. The van der Waals surface area contributed by atoms with Crippen molar-refractivity contribution in [3.05, 3.63) is 40.5 Å². The number of anilines is 1. The minimum atomic E-state index is 0.559. The van der Waals surface area contributed by atoms with Crippen molar-refractivity contribution >= 4 is 28.5 Å². The van der Waals surface area contributed by atoms with Gasteiger partial charge < -0.3 is 14.4 Å². The third kappa shape index (κ3) is 3.61. The Morgan fingerprint density at radius 2 is 1.59 bits per heavy atom. The molecule has 1 aliphatic heterocycles. The van der Waals surface area contributed by atoms with Gasteiger partial charge in [0, 0.05) is 14.1 Å². The first-order chi connectivity index (χ1) is 13.1. The molecule has 8 heteroatoms. The zero-order valence-electron chi connectivity index (χ0n) is 15.3. The monoisotopic (exact) mass is 381 g/mol. The van der Waals surface area contributed by atoms with Crippen LogP contribution in [0.5, 0.6) is 11.5 Å². The minimum Gasteiger partial charge on any atom is -0.485 e. The van der Waals surface area contributed by atoms with Gasteiger partial charge in [0.05, 0.1) is 16.3 Å². The van der Waals surface area contributed by atoms with Crippen LogP contribution in [0.15, 0.2) is 24.3 Å². The largest absolute Gasteiger partial charge is 0.485 e. The van der Waals surface area contributed by atoms with Gasteiger partial charge in [0.15, 0.2) is 11.5 Å². The summed E-state index contributed by atoms with van der Waals surface area (Å²) in [6, 6.07) is 7.59. The van der Waals surface area contributed by atoms with Crippen LogP contribution < -0.4 is 14.4 Å². The fraction of sp³-hybridized carbons (Fsp3) is 0.263. The van der Waals surface area contributed by atoms with E-state index < -0.39 is 0 Å². The average Bonchev–Trinajstić information content (AvgIpc) is 3.07. The molecule has 0 bridgehead atoms. The summed E-state index contributed by atoms with van der Waals surface area (Å²) in [5.74, 6) is 1.61. The normalized spacial score (nSPS) is 13.1. The van der Waals surface area contributed by atoms with Gasteiger partial charge in [0.1, 0.15) is 29.6 Å². The van der Waals surface area contributed by atoms with Crippen LogP contribution in [-0.4, -0.2) is 47.7 Å². The van der Waals surface area contributed by atoms with E-state index >= 15 is 0 Å². The first-order valence-corrected chi connectivity index (χ1v) is 9.35. The van der Waals surface area contributed by atoms with Crippen molar-refractivity contribution in [2.24, 2.45) is 0 Å². The SMILES string of the molecule is Cc1ccc(-c2ccc(C=Cc3sc(N(C)C)c4c3OCCO4)nn2)nn1. The lowest BCUT2D eigenvalue weighted by Crippen LogP contribution is -2.16. The lowest BCUT2D eigenvalue weighted by Gasteiger charge is -2.18. The number of ether oxygens (including phenoxy) is 2. The highest BCUT2D eigenvalue weighted by atomic mass is 32.1. The molecule has 0 saturated carbocycles. The highest BCUT2D eigenvalue weighted by Crippen LogP contribution is 2.49. The summed E-state index contributed by atoms with van der Waals surface area (Å²) in [7, 11) is 3.99. The van der Waals surface area contributed by atoms with Crippen LogP contribution in [0.25, 0.3) is 23.5 Å². The lowest BCUT2D eigenvalue weighted by molar-refractivity contribution is 0.173. The Labute approximate surface area is 161 Å². The molecule has 0 spiro atoms. The predicted molar refractivity (Wildman–Crippen MR) is 106 cm³/mol. The number of thiophene rings is 1. The van der Waals surface area contributed by atoms with E-state index in [-0.39, 0.29) is 0 Å². The maximum Gasteiger partial charge on any atom is 0.196 e. The molecular formula is C19H19N5O2S. The molecule has 0 aromatic carbocycles. The van der Waals surface area contributed by atoms with Crippen LogP contribution >= 0.6 is 11.3 Å². The van der Waals surface area contributed by atoms with Crippen LogP contribution in [0.3, 0.4) is 0 Å². The van der Waals surface area contributed by atoms with E-state index in [1.165, 1.54) is 0 Å². The molecular weight excluding hydrogens is 362 g/mol. The van der Waals surface area contributed by atoms with Crippen molar-refractivity contribution in [2.75, 3.05) is 32.2 Å². The van der Waals surface area contributed by atoms with Crippen molar-refractivity contribution in [3.8, 4) is 22.9 Å². The minimum absolute atomic E-state index is 0.559. The summed E-state index contributed by atoms with van der Waals surface area (Å²) in [5.41, 5.74) is 3.02. The van der Waals surface area contributed by atoms with Crippen LogP contribution in [0, 0.1) is 6.92 Å².